The number of carbonyl (C=O) groups is 1. The van der Waals surface area contributed by atoms with Gasteiger partial charge >= 0.3 is 0 Å². The third-order valence-corrected chi connectivity index (χ3v) is 6.77. The first kappa shape index (κ1) is 16.3. The van der Waals surface area contributed by atoms with Gasteiger partial charge in [-0.2, -0.15) is 5.10 Å². The molecule has 28 heavy (non-hydrogen) atoms. The maximum atomic E-state index is 13.6. The zero-order valence-corrected chi connectivity index (χ0v) is 16.1. The van der Waals surface area contributed by atoms with Crippen molar-refractivity contribution in [2.75, 3.05) is 0 Å². The van der Waals surface area contributed by atoms with Crippen LogP contribution in [-0.4, -0.2) is 31.6 Å². The van der Waals surface area contributed by atoms with Crippen LogP contribution in [0.2, 0.25) is 0 Å². The van der Waals surface area contributed by atoms with Gasteiger partial charge in [0.2, 0.25) is 0 Å². The fourth-order valence-electron chi connectivity index (χ4n) is 5.40. The van der Waals surface area contributed by atoms with Crippen LogP contribution in [0.15, 0.2) is 36.5 Å². The fourth-order valence-corrected chi connectivity index (χ4v) is 5.40. The van der Waals surface area contributed by atoms with Gasteiger partial charge in [0.05, 0.1) is 17.3 Å². The molecule has 1 saturated heterocycles. The summed E-state index contributed by atoms with van der Waals surface area (Å²) < 4.78 is 2.10. The largest absolute Gasteiger partial charge is 0.327 e. The first-order chi connectivity index (χ1) is 13.7. The van der Waals surface area contributed by atoms with Crippen molar-refractivity contribution in [1.82, 2.24) is 19.7 Å². The molecule has 0 radical (unpaired) electrons. The van der Waals surface area contributed by atoms with Crippen LogP contribution in [-0.2, 0) is 13.5 Å². The molecule has 4 heterocycles. The summed E-state index contributed by atoms with van der Waals surface area (Å²) in [6, 6.07) is 10.2. The van der Waals surface area contributed by atoms with E-state index in [1.54, 1.807) is 6.20 Å². The lowest BCUT2D eigenvalue weighted by atomic mass is 9.81. The highest BCUT2D eigenvalue weighted by molar-refractivity contribution is 5.98. The Kier molecular flexibility index (Phi) is 3.43. The molecular weight excluding hydrogens is 348 g/mol. The first-order valence-corrected chi connectivity index (χ1v) is 10.4. The minimum absolute atomic E-state index is 0.123. The lowest BCUT2D eigenvalue weighted by molar-refractivity contribution is 0.0391. The number of benzene rings is 1. The number of aryl methyl sites for hydroxylation is 1. The Morgan fingerprint density at radius 1 is 1.14 bits per heavy atom. The minimum Gasteiger partial charge on any atom is -0.327 e. The second kappa shape index (κ2) is 5.90. The van der Waals surface area contributed by atoms with E-state index in [-0.39, 0.29) is 11.9 Å². The fraction of sp³-hybridized carbons (Fsp3) is 0.435. The third-order valence-electron chi connectivity index (χ3n) is 6.77. The van der Waals surface area contributed by atoms with Crippen LogP contribution in [0.1, 0.15) is 71.4 Å². The molecule has 0 spiro atoms. The number of piperidine rings is 1. The highest BCUT2D eigenvalue weighted by Crippen LogP contribution is 2.48. The van der Waals surface area contributed by atoms with Crippen molar-refractivity contribution >= 4 is 16.8 Å². The molecule has 2 aliphatic heterocycles. The lowest BCUT2D eigenvalue weighted by Gasteiger charge is -2.45. The summed E-state index contributed by atoms with van der Waals surface area (Å²) in [4.78, 5) is 20.1. The summed E-state index contributed by atoms with van der Waals surface area (Å²) in [6.45, 7) is 0. The van der Waals surface area contributed by atoms with E-state index in [1.807, 2.05) is 30.3 Å². The molecule has 6 rings (SSSR count). The van der Waals surface area contributed by atoms with Gasteiger partial charge in [0.25, 0.3) is 5.91 Å². The van der Waals surface area contributed by atoms with E-state index in [2.05, 4.69) is 21.6 Å². The lowest BCUT2D eigenvalue weighted by Crippen LogP contribution is -2.49. The normalized spacial score (nSPS) is 23.7. The van der Waals surface area contributed by atoms with Crippen LogP contribution >= 0.6 is 0 Å². The Morgan fingerprint density at radius 2 is 2.04 bits per heavy atom. The second-order valence-corrected chi connectivity index (χ2v) is 8.57. The van der Waals surface area contributed by atoms with Gasteiger partial charge in [0.1, 0.15) is 0 Å². The van der Waals surface area contributed by atoms with Gasteiger partial charge in [0.15, 0.2) is 0 Å². The molecule has 2 atom stereocenters. The van der Waals surface area contributed by atoms with Crippen LogP contribution in [0.4, 0.5) is 0 Å². The number of hydrogen-bond acceptors (Lipinski definition) is 3. The number of hydrogen-bond donors (Lipinski definition) is 0. The zero-order chi connectivity index (χ0) is 18.8. The molecular formula is C23H24N4O. The zero-order valence-electron chi connectivity index (χ0n) is 16.1. The predicted octanol–water partition coefficient (Wildman–Crippen LogP) is 4.14. The number of rotatable bonds is 2. The summed E-state index contributed by atoms with van der Waals surface area (Å²) in [5.74, 6) is 0.835. The van der Waals surface area contributed by atoms with Gasteiger partial charge in [-0.15, -0.1) is 0 Å². The molecule has 0 N–H and O–H groups in total. The summed E-state index contributed by atoms with van der Waals surface area (Å²) in [6.07, 6.45) is 8.62. The molecule has 5 heteroatoms. The van der Waals surface area contributed by atoms with Crippen molar-refractivity contribution in [3.63, 3.8) is 0 Å². The van der Waals surface area contributed by atoms with Crippen molar-refractivity contribution in [2.45, 2.75) is 56.5 Å². The van der Waals surface area contributed by atoms with E-state index >= 15 is 0 Å². The van der Waals surface area contributed by atoms with Crippen LogP contribution in [0, 0.1) is 0 Å². The van der Waals surface area contributed by atoms with Crippen LogP contribution in [0.25, 0.3) is 10.9 Å². The average molecular weight is 372 g/mol. The average Bonchev–Trinajstić information content (AvgIpc) is 3.49. The summed E-state index contributed by atoms with van der Waals surface area (Å²) >= 11 is 0. The quantitative estimate of drug-likeness (QED) is 0.679. The van der Waals surface area contributed by atoms with Crippen molar-refractivity contribution in [1.29, 1.82) is 0 Å². The second-order valence-electron chi connectivity index (χ2n) is 8.57. The number of amides is 1. The first-order valence-electron chi connectivity index (χ1n) is 10.4. The Bertz CT molecular complexity index is 1100. The Morgan fingerprint density at radius 3 is 2.89 bits per heavy atom. The molecule has 2 fully saturated rings. The Labute approximate surface area is 164 Å². The molecule has 2 unspecified atom stereocenters. The van der Waals surface area contributed by atoms with Gasteiger partial charge in [-0.05, 0) is 62.8 Å². The van der Waals surface area contributed by atoms with Gasteiger partial charge in [-0.25, -0.2) is 0 Å². The van der Waals surface area contributed by atoms with E-state index < -0.39 is 0 Å². The number of aromatic nitrogens is 3. The van der Waals surface area contributed by atoms with Gasteiger partial charge in [-0.3, -0.25) is 14.5 Å². The molecule has 3 aromatic rings. The monoisotopic (exact) mass is 372 g/mol. The van der Waals surface area contributed by atoms with Crippen molar-refractivity contribution in [3.8, 4) is 0 Å². The topological polar surface area (TPSA) is 51.0 Å². The summed E-state index contributed by atoms with van der Waals surface area (Å²) in [5, 5.41) is 5.94. The van der Waals surface area contributed by atoms with Crippen molar-refractivity contribution < 1.29 is 4.79 Å². The number of fused-ring (bicyclic) bond motifs is 5. The van der Waals surface area contributed by atoms with E-state index in [1.165, 1.54) is 30.5 Å². The molecule has 2 bridgehead atoms. The maximum absolute atomic E-state index is 13.6. The molecule has 5 nitrogen and oxygen atoms in total. The molecule has 1 aromatic carbocycles. The van der Waals surface area contributed by atoms with Crippen LogP contribution in [0.5, 0.6) is 0 Å². The van der Waals surface area contributed by atoms with E-state index in [4.69, 9.17) is 5.10 Å². The van der Waals surface area contributed by atoms with Gasteiger partial charge in [-0.1, -0.05) is 6.07 Å². The SMILES string of the molecule is Cn1nc2c(c1C1CC1)CC1CCCC2N1C(=O)c1ccc2ncccc2c1. The molecule has 1 saturated carbocycles. The molecule has 1 aliphatic carbocycles. The van der Waals surface area contributed by atoms with E-state index in [0.29, 0.717) is 12.0 Å². The molecule has 1 amide bonds. The summed E-state index contributed by atoms with van der Waals surface area (Å²) in [5.41, 5.74) is 5.75. The van der Waals surface area contributed by atoms with Crippen molar-refractivity contribution in [3.05, 3.63) is 59.0 Å². The Balaban J connectivity index is 1.41. The maximum Gasteiger partial charge on any atom is 0.254 e. The van der Waals surface area contributed by atoms with Crippen LogP contribution < -0.4 is 0 Å². The molecule has 142 valence electrons. The third kappa shape index (κ3) is 2.35. The number of nitrogens with zero attached hydrogens (tertiary/aromatic N) is 4. The smallest absolute Gasteiger partial charge is 0.254 e. The minimum atomic E-state index is 0.123. The van der Waals surface area contributed by atoms with Crippen molar-refractivity contribution in [2.24, 2.45) is 7.05 Å². The van der Waals surface area contributed by atoms with Crippen LogP contribution in [0.3, 0.4) is 0 Å². The predicted molar refractivity (Wildman–Crippen MR) is 107 cm³/mol. The number of pyridine rings is 1. The summed E-state index contributed by atoms with van der Waals surface area (Å²) in [7, 11) is 2.08. The Hall–Kier alpha value is -2.69. The standard InChI is InChI=1S/C23H24N4O/c1-26-22(14-7-8-14)18-13-17-5-2-6-20(21(18)25-26)27(17)23(28)16-9-10-19-15(12-16)4-3-11-24-19/h3-4,9-12,14,17,20H,2,5-8,13H2,1H3. The molecule has 3 aliphatic rings. The number of carbonyl (C=O) groups excluding carboxylic acids is 1. The highest BCUT2D eigenvalue weighted by atomic mass is 16.2. The van der Waals surface area contributed by atoms with Gasteiger partial charge in [0, 0.05) is 47.4 Å². The highest BCUT2D eigenvalue weighted by Gasteiger charge is 2.45. The van der Waals surface area contributed by atoms with E-state index in [9.17, 15) is 4.79 Å². The molecule has 2 aromatic heterocycles. The van der Waals surface area contributed by atoms with E-state index in [0.717, 1.165) is 41.4 Å². The van der Waals surface area contributed by atoms with Gasteiger partial charge < -0.3 is 4.90 Å².